The largest absolute Gasteiger partial charge is 0.457 e. The van der Waals surface area contributed by atoms with Crippen LogP contribution in [0.3, 0.4) is 0 Å². The second-order valence-electron chi connectivity index (χ2n) is 6.00. The fraction of sp³-hybridized carbons (Fsp3) is 0.600. The Morgan fingerprint density at radius 3 is 2.83 bits per heavy atom. The Morgan fingerprint density at radius 1 is 1.39 bits per heavy atom. The Kier molecular flexibility index (Phi) is 2.31. The van der Waals surface area contributed by atoms with Gasteiger partial charge in [-0.3, -0.25) is 9.59 Å². The minimum atomic E-state index is -0.180. The van der Waals surface area contributed by atoms with E-state index < -0.39 is 0 Å². The molecule has 0 aromatic heterocycles. The number of fused-ring (bicyclic) bond motifs is 3. The van der Waals surface area contributed by atoms with Gasteiger partial charge in [0.2, 0.25) is 0 Å². The summed E-state index contributed by atoms with van der Waals surface area (Å²) in [6.07, 6.45) is 5.46. The molecule has 3 heteroatoms. The third kappa shape index (κ3) is 1.36. The smallest absolute Gasteiger partial charge is 0.309 e. The Bertz CT molecular complexity index is 500. The molecule has 0 aromatic rings. The number of hydrogen-bond donors (Lipinski definition) is 0. The number of allylic oxidation sites excluding steroid dienone is 3. The van der Waals surface area contributed by atoms with E-state index in [1.807, 2.05) is 19.9 Å². The summed E-state index contributed by atoms with van der Waals surface area (Å²) in [7, 11) is 0. The molecule has 0 amide bonds. The van der Waals surface area contributed by atoms with Gasteiger partial charge in [-0.1, -0.05) is 19.9 Å². The number of carbonyl (C=O) groups excluding carboxylic acids is 2. The zero-order chi connectivity index (χ0) is 13.1. The van der Waals surface area contributed by atoms with Crippen LogP contribution in [0.2, 0.25) is 0 Å². The third-order valence-corrected chi connectivity index (χ3v) is 4.92. The van der Waals surface area contributed by atoms with Crippen molar-refractivity contribution in [1.29, 1.82) is 0 Å². The molecule has 18 heavy (non-hydrogen) atoms. The number of ether oxygens (including phenoxy) is 1. The first-order valence-electron chi connectivity index (χ1n) is 6.59. The number of hydrogen-bond acceptors (Lipinski definition) is 3. The van der Waals surface area contributed by atoms with Crippen molar-refractivity contribution in [2.75, 3.05) is 0 Å². The lowest BCUT2D eigenvalue weighted by Crippen LogP contribution is -2.39. The van der Waals surface area contributed by atoms with Gasteiger partial charge < -0.3 is 4.74 Å². The molecule has 0 unspecified atom stereocenters. The van der Waals surface area contributed by atoms with Gasteiger partial charge in [0.05, 0.1) is 5.92 Å². The topological polar surface area (TPSA) is 43.4 Å². The predicted molar refractivity (Wildman–Crippen MR) is 66.7 cm³/mol. The second-order valence-corrected chi connectivity index (χ2v) is 6.00. The second kappa shape index (κ2) is 3.56. The molecule has 0 spiro atoms. The van der Waals surface area contributed by atoms with Crippen molar-refractivity contribution >= 4 is 11.8 Å². The average molecular weight is 246 g/mol. The van der Waals surface area contributed by atoms with E-state index in [4.69, 9.17) is 4.74 Å². The van der Waals surface area contributed by atoms with Crippen molar-refractivity contribution in [3.63, 3.8) is 0 Å². The summed E-state index contributed by atoms with van der Waals surface area (Å²) in [5.41, 5.74) is 1.71. The van der Waals surface area contributed by atoms with Crippen molar-refractivity contribution in [3.05, 3.63) is 23.3 Å². The van der Waals surface area contributed by atoms with Crippen LogP contribution in [0.25, 0.3) is 0 Å². The van der Waals surface area contributed by atoms with Gasteiger partial charge in [0.15, 0.2) is 5.78 Å². The van der Waals surface area contributed by atoms with Crippen LogP contribution in [0.1, 0.15) is 33.6 Å². The van der Waals surface area contributed by atoms with Crippen molar-refractivity contribution in [2.24, 2.45) is 17.3 Å². The van der Waals surface area contributed by atoms with Gasteiger partial charge in [-0.05, 0) is 31.4 Å². The van der Waals surface area contributed by atoms with Crippen molar-refractivity contribution < 1.29 is 14.3 Å². The molecule has 96 valence electrons. The van der Waals surface area contributed by atoms with Gasteiger partial charge in [-0.15, -0.1) is 0 Å². The average Bonchev–Trinajstić information content (AvgIpc) is 2.60. The molecular formula is C15H18O3. The molecule has 3 aliphatic rings. The highest BCUT2D eigenvalue weighted by atomic mass is 16.6. The van der Waals surface area contributed by atoms with Gasteiger partial charge in [0, 0.05) is 16.9 Å². The standard InChI is InChI=1S/C15H18O3/c1-8-10-4-6-15(3)7-5-11(16)9(2)12(15)13(10)18-14(8)17/h5,7-8,10,13H,4,6H2,1-3H3/t8-,10+,13-,15-/m1/s1. The molecule has 0 radical (unpaired) electrons. The Morgan fingerprint density at radius 2 is 2.11 bits per heavy atom. The Balaban J connectivity index is 2.10. The van der Waals surface area contributed by atoms with E-state index in [2.05, 4.69) is 6.92 Å². The van der Waals surface area contributed by atoms with E-state index in [0.717, 1.165) is 24.0 Å². The van der Waals surface area contributed by atoms with E-state index in [-0.39, 0.29) is 35.1 Å². The molecule has 1 heterocycles. The first-order valence-corrected chi connectivity index (χ1v) is 6.59. The summed E-state index contributed by atoms with van der Waals surface area (Å²) in [5, 5.41) is 0. The van der Waals surface area contributed by atoms with Crippen LogP contribution in [0.4, 0.5) is 0 Å². The first kappa shape index (κ1) is 11.7. The van der Waals surface area contributed by atoms with E-state index in [9.17, 15) is 9.59 Å². The Labute approximate surface area is 107 Å². The van der Waals surface area contributed by atoms with Crippen LogP contribution in [-0.2, 0) is 14.3 Å². The SMILES string of the molecule is CC1=C2[C@@H]3OC(=O)[C@H](C)[C@@H]3CC[C@]2(C)C=CC1=O. The quantitative estimate of drug-likeness (QED) is 0.616. The number of carbonyl (C=O) groups is 2. The van der Waals surface area contributed by atoms with E-state index in [1.165, 1.54) is 0 Å². The minimum absolute atomic E-state index is 0.0409. The van der Waals surface area contributed by atoms with Crippen LogP contribution in [-0.4, -0.2) is 17.9 Å². The molecule has 2 fully saturated rings. The summed E-state index contributed by atoms with van der Waals surface area (Å²) in [6, 6.07) is 0. The molecule has 3 rings (SSSR count). The van der Waals surface area contributed by atoms with E-state index >= 15 is 0 Å². The minimum Gasteiger partial charge on any atom is -0.457 e. The number of ketones is 1. The van der Waals surface area contributed by atoms with Gasteiger partial charge in [0.1, 0.15) is 6.10 Å². The van der Waals surface area contributed by atoms with Crippen LogP contribution in [0.15, 0.2) is 23.3 Å². The zero-order valence-electron chi connectivity index (χ0n) is 11.0. The molecule has 1 aliphatic heterocycles. The number of rotatable bonds is 0. The maximum Gasteiger partial charge on any atom is 0.309 e. The lowest BCUT2D eigenvalue weighted by molar-refractivity contribution is -0.143. The fourth-order valence-corrected chi connectivity index (χ4v) is 3.69. The summed E-state index contributed by atoms with van der Waals surface area (Å²) < 4.78 is 5.55. The lowest BCUT2D eigenvalue weighted by atomic mass is 9.62. The summed E-state index contributed by atoms with van der Waals surface area (Å²) in [6.45, 7) is 5.94. The third-order valence-electron chi connectivity index (χ3n) is 4.92. The Hall–Kier alpha value is -1.38. The van der Waals surface area contributed by atoms with Crippen LogP contribution in [0.5, 0.6) is 0 Å². The molecule has 0 bridgehead atoms. The molecule has 1 saturated carbocycles. The van der Waals surface area contributed by atoms with Crippen LogP contribution >= 0.6 is 0 Å². The van der Waals surface area contributed by atoms with Crippen LogP contribution in [0, 0.1) is 17.3 Å². The van der Waals surface area contributed by atoms with E-state index in [0.29, 0.717) is 0 Å². The molecule has 0 N–H and O–H groups in total. The molecule has 4 atom stereocenters. The summed E-state index contributed by atoms with van der Waals surface area (Å²) in [5.74, 6) is 0.144. The zero-order valence-corrected chi connectivity index (χ0v) is 11.0. The van der Waals surface area contributed by atoms with Crippen molar-refractivity contribution in [3.8, 4) is 0 Å². The van der Waals surface area contributed by atoms with Gasteiger partial charge >= 0.3 is 5.97 Å². The fourth-order valence-electron chi connectivity index (χ4n) is 3.69. The highest BCUT2D eigenvalue weighted by molar-refractivity contribution is 6.05. The maximum atomic E-state index is 11.9. The first-order chi connectivity index (χ1) is 8.44. The molecule has 0 aromatic carbocycles. The maximum absolute atomic E-state index is 11.9. The van der Waals surface area contributed by atoms with Crippen LogP contribution < -0.4 is 0 Å². The molecule has 3 nitrogen and oxygen atoms in total. The normalized spacial score (nSPS) is 42.7. The van der Waals surface area contributed by atoms with Gasteiger partial charge in [0.25, 0.3) is 0 Å². The summed E-state index contributed by atoms with van der Waals surface area (Å²) in [4.78, 5) is 23.6. The predicted octanol–water partition coefficient (Wildman–Crippen LogP) is 2.42. The monoisotopic (exact) mass is 246 g/mol. The van der Waals surface area contributed by atoms with E-state index in [1.54, 1.807) is 6.08 Å². The highest BCUT2D eigenvalue weighted by Crippen LogP contribution is 2.52. The molecule has 2 aliphatic carbocycles. The molecule has 1 saturated heterocycles. The summed E-state index contributed by atoms with van der Waals surface area (Å²) >= 11 is 0. The number of esters is 1. The van der Waals surface area contributed by atoms with Gasteiger partial charge in [-0.25, -0.2) is 0 Å². The van der Waals surface area contributed by atoms with Crippen molar-refractivity contribution in [1.82, 2.24) is 0 Å². The van der Waals surface area contributed by atoms with Gasteiger partial charge in [-0.2, -0.15) is 0 Å². The molecular weight excluding hydrogens is 228 g/mol. The highest BCUT2D eigenvalue weighted by Gasteiger charge is 2.52. The van der Waals surface area contributed by atoms with Crippen molar-refractivity contribution in [2.45, 2.75) is 39.7 Å². The lowest BCUT2D eigenvalue weighted by Gasteiger charge is -2.42.